The van der Waals surface area contributed by atoms with Crippen molar-refractivity contribution in [2.45, 2.75) is 59.3 Å². The summed E-state index contributed by atoms with van der Waals surface area (Å²) in [5, 5.41) is 9.48. The van der Waals surface area contributed by atoms with E-state index in [0.717, 1.165) is 45.2 Å². The third-order valence-electron chi connectivity index (χ3n) is 4.88. The SMILES string of the molecule is CCC(CC)CC(=O)N1CCC(CC)(CO)CC1. The van der Waals surface area contributed by atoms with Crippen molar-refractivity contribution in [1.29, 1.82) is 0 Å². The van der Waals surface area contributed by atoms with Crippen LogP contribution in [0.1, 0.15) is 59.3 Å². The Morgan fingerprint density at radius 1 is 1.22 bits per heavy atom. The number of likely N-dealkylation sites (tertiary alicyclic amines) is 1. The van der Waals surface area contributed by atoms with Crippen LogP contribution in [0.5, 0.6) is 0 Å². The van der Waals surface area contributed by atoms with E-state index < -0.39 is 0 Å². The molecule has 1 rings (SSSR count). The third kappa shape index (κ3) is 3.71. The third-order valence-corrected chi connectivity index (χ3v) is 4.88. The Labute approximate surface area is 112 Å². The number of nitrogens with zero attached hydrogens (tertiary/aromatic N) is 1. The molecule has 1 amide bonds. The summed E-state index contributed by atoms with van der Waals surface area (Å²) in [6.07, 6.45) is 5.80. The molecule has 1 N–H and O–H groups in total. The van der Waals surface area contributed by atoms with Crippen molar-refractivity contribution in [3.05, 3.63) is 0 Å². The quantitative estimate of drug-likeness (QED) is 0.793. The lowest BCUT2D eigenvalue weighted by Crippen LogP contribution is -2.44. The van der Waals surface area contributed by atoms with Crippen molar-refractivity contribution >= 4 is 5.91 Å². The van der Waals surface area contributed by atoms with Crippen molar-refractivity contribution in [3.8, 4) is 0 Å². The fraction of sp³-hybridized carbons (Fsp3) is 0.933. The molecule has 1 aliphatic heterocycles. The number of amides is 1. The molecule has 3 nitrogen and oxygen atoms in total. The lowest BCUT2D eigenvalue weighted by atomic mass is 9.77. The molecule has 0 radical (unpaired) electrons. The predicted octanol–water partition coefficient (Wildman–Crippen LogP) is 2.82. The number of hydrogen-bond donors (Lipinski definition) is 1. The van der Waals surface area contributed by atoms with Crippen LogP contribution in [0.15, 0.2) is 0 Å². The molecule has 0 bridgehead atoms. The van der Waals surface area contributed by atoms with E-state index in [4.69, 9.17) is 0 Å². The van der Waals surface area contributed by atoms with E-state index in [-0.39, 0.29) is 12.0 Å². The van der Waals surface area contributed by atoms with Crippen LogP contribution in [0.2, 0.25) is 0 Å². The van der Waals surface area contributed by atoms with Gasteiger partial charge in [-0.2, -0.15) is 0 Å². The van der Waals surface area contributed by atoms with E-state index >= 15 is 0 Å². The van der Waals surface area contributed by atoms with Gasteiger partial charge in [-0.1, -0.05) is 33.6 Å². The number of carbonyl (C=O) groups is 1. The molecule has 0 unspecified atom stereocenters. The zero-order chi connectivity index (χ0) is 13.6. The van der Waals surface area contributed by atoms with Gasteiger partial charge in [0.2, 0.25) is 5.91 Å². The Morgan fingerprint density at radius 2 is 1.78 bits per heavy atom. The molecule has 0 spiro atoms. The van der Waals surface area contributed by atoms with Crippen LogP contribution in [0.3, 0.4) is 0 Å². The lowest BCUT2D eigenvalue weighted by Gasteiger charge is -2.40. The van der Waals surface area contributed by atoms with Gasteiger partial charge in [0.1, 0.15) is 0 Å². The second kappa shape index (κ2) is 7.13. The molecule has 1 saturated heterocycles. The average Bonchev–Trinajstić information content (AvgIpc) is 2.44. The highest BCUT2D eigenvalue weighted by molar-refractivity contribution is 5.76. The highest BCUT2D eigenvalue weighted by Crippen LogP contribution is 2.34. The first kappa shape index (κ1) is 15.5. The summed E-state index contributed by atoms with van der Waals surface area (Å²) in [6.45, 7) is 8.37. The molecule has 18 heavy (non-hydrogen) atoms. The van der Waals surface area contributed by atoms with Crippen molar-refractivity contribution in [2.75, 3.05) is 19.7 Å². The predicted molar refractivity (Wildman–Crippen MR) is 74.3 cm³/mol. The number of piperidine rings is 1. The van der Waals surface area contributed by atoms with Gasteiger partial charge in [-0.25, -0.2) is 0 Å². The first-order valence-electron chi connectivity index (χ1n) is 7.49. The van der Waals surface area contributed by atoms with Crippen molar-refractivity contribution in [2.24, 2.45) is 11.3 Å². The molecule has 0 aromatic rings. The van der Waals surface area contributed by atoms with Gasteiger partial charge in [0, 0.05) is 26.1 Å². The smallest absolute Gasteiger partial charge is 0.222 e. The standard InChI is InChI=1S/C15H29NO2/c1-4-13(5-2)11-14(18)16-9-7-15(6-3,12-17)8-10-16/h13,17H,4-12H2,1-3H3. The normalized spacial score (nSPS) is 19.3. The molecular weight excluding hydrogens is 226 g/mol. The van der Waals surface area contributed by atoms with Gasteiger partial charge in [0.05, 0.1) is 0 Å². The van der Waals surface area contributed by atoms with Crippen LogP contribution < -0.4 is 0 Å². The molecule has 1 heterocycles. The summed E-state index contributed by atoms with van der Waals surface area (Å²) in [5.74, 6) is 0.847. The van der Waals surface area contributed by atoms with Gasteiger partial charge < -0.3 is 10.0 Å². The maximum atomic E-state index is 12.2. The van der Waals surface area contributed by atoms with E-state index in [9.17, 15) is 9.90 Å². The molecule has 0 aliphatic carbocycles. The number of carbonyl (C=O) groups excluding carboxylic acids is 1. The Hall–Kier alpha value is -0.570. The van der Waals surface area contributed by atoms with Crippen LogP contribution in [-0.4, -0.2) is 35.6 Å². The molecule has 0 saturated carbocycles. The van der Waals surface area contributed by atoms with E-state index in [0.29, 0.717) is 18.2 Å². The van der Waals surface area contributed by atoms with Gasteiger partial charge in [-0.05, 0) is 30.6 Å². The van der Waals surface area contributed by atoms with Crippen LogP contribution in [-0.2, 0) is 4.79 Å². The summed E-state index contributed by atoms with van der Waals surface area (Å²) < 4.78 is 0. The van der Waals surface area contributed by atoms with Gasteiger partial charge >= 0.3 is 0 Å². The highest BCUT2D eigenvalue weighted by atomic mass is 16.3. The Kier molecular flexibility index (Phi) is 6.13. The number of rotatable bonds is 6. The molecule has 1 fully saturated rings. The second-order valence-electron chi connectivity index (χ2n) is 5.78. The van der Waals surface area contributed by atoms with Crippen LogP contribution >= 0.6 is 0 Å². The fourth-order valence-electron chi connectivity index (χ4n) is 2.81. The molecule has 0 atom stereocenters. The average molecular weight is 255 g/mol. The largest absolute Gasteiger partial charge is 0.396 e. The maximum Gasteiger partial charge on any atom is 0.222 e. The van der Waals surface area contributed by atoms with Crippen LogP contribution in [0, 0.1) is 11.3 Å². The first-order chi connectivity index (χ1) is 8.60. The zero-order valence-corrected chi connectivity index (χ0v) is 12.2. The Balaban J connectivity index is 2.45. The Morgan fingerprint density at radius 3 is 2.17 bits per heavy atom. The lowest BCUT2D eigenvalue weighted by molar-refractivity contribution is -0.135. The minimum absolute atomic E-state index is 0.0751. The zero-order valence-electron chi connectivity index (χ0n) is 12.2. The monoisotopic (exact) mass is 255 g/mol. The first-order valence-corrected chi connectivity index (χ1v) is 7.49. The molecule has 3 heteroatoms. The van der Waals surface area contributed by atoms with E-state index in [1.807, 2.05) is 4.90 Å². The summed E-state index contributed by atoms with van der Waals surface area (Å²) in [4.78, 5) is 14.2. The van der Waals surface area contributed by atoms with Crippen molar-refractivity contribution < 1.29 is 9.90 Å². The van der Waals surface area contributed by atoms with Gasteiger partial charge in [-0.15, -0.1) is 0 Å². The molecule has 0 aromatic carbocycles. The van der Waals surface area contributed by atoms with Gasteiger partial charge in [0.25, 0.3) is 0 Å². The molecule has 1 aliphatic rings. The van der Waals surface area contributed by atoms with Gasteiger partial charge in [0.15, 0.2) is 0 Å². The number of aliphatic hydroxyl groups is 1. The second-order valence-corrected chi connectivity index (χ2v) is 5.78. The minimum Gasteiger partial charge on any atom is -0.396 e. The van der Waals surface area contributed by atoms with E-state index in [1.165, 1.54) is 0 Å². The maximum absolute atomic E-state index is 12.2. The molecule has 106 valence electrons. The summed E-state index contributed by atoms with van der Waals surface area (Å²) in [7, 11) is 0. The minimum atomic E-state index is 0.0751. The summed E-state index contributed by atoms with van der Waals surface area (Å²) in [5.41, 5.74) is 0.0751. The van der Waals surface area contributed by atoms with Crippen LogP contribution in [0.4, 0.5) is 0 Å². The van der Waals surface area contributed by atoms with Crippen molar-refractivity contribution in [3.63, 3.8) is 0 Å². The summed E-state index contributed by atoms with van der Waals surface area (Å²) in [6, 6.07) is 0. The van der Waals surface area contributed by atoms with E-state index in [2.05, 4.69) is 20.8 Å². The molecule has 0 aromatic heterocycles. The Bertz CT molecular complexity index is 247. The topological polar surface area (TPSA) is 40.5 Å². The summed E-state index contributed by atoms with van der Waals surface area (Å²) >= 11 is 0. The van der Waals surface area contributed by atoms with Gasteiger partial charge in [-0.3, -0.25) is 4.79 Å². The fourth-order valence-corrected chi connectivity index (χ4v) is 2.81. The highest BCUT2D eigenvalue weighted by Gasteiger charge is 2.33. The van der Waals surface area contributed by atoms with Crippen molar-refractivity contribution in [1.82, 2.24) is 4.90 Å². The number of aliphatic hydroxyl groups excluding tert-OH is 1. The van der Waals surface area contributed by atoms with E-state index in [1.54, 1.807) is 0 Å². The van der Waals surface area contributed by atoms with Crippen LogP contribution in [0.25, 0.3) is 0 Å². The molecular formula is C15H29NO2. The number of hydrogen-bond acceptors (Lipinski definition) is 2.